The molecule has 5 aromatic rings. The molecule has 0 saturated heterocycles. The van der Waals surface area contributed by atoms with Crippen LogP contribution in [0.25, 0.3) is 27.5 Å². The Hall–Kier alpha value is -3.95. The predicted molar refractivity (Wildman–Crippen MR) is 141 cm³/mol. The van der Waals surface area contributed by atoms with E-state index in [-0.39, 0.29) is 27.0 Å². The lowest BCUT2D eigenvalue weighted by molar-refractivity contribution is -0.137. The maximum Gasteiger partial charge on any atom is 0.416 e. The Kier molecular flexibility index (Phi) is 6.63. The molecule has 2 N–H and O–H groups in total. The van der Waals surface area contributed by atoms with Crippen molar-refractivity contribution < 1.29 is 30.8 Å². The Bertz CT molecular complexity index is 2080. The summed E-state index contributed by atoms with van der Waals surface area (Å²) in [6.07, 6.45) is -4.21. The summed E-state index contributed by atoms with van der Waals surface area (Å²) in [5.41, 5.74) is -4.64. The molecule has 0 bridgehead atoms. The second-order valence-corrected chi connectivity index (χ2v) is 11.7. The van der Waals surface area contributed by atoms with Crippen LogP contribution in [-0.4, -0.2) is 34.7 Å². The van der Waals surface area contributed by atoms with Crippen LogP contribution >= 0.6 is 22.9 Å². The zero-order valence-corrected chi connectivity index (χ0v) is 22.4. The molecule has 1 amide bonds. The van der Waals surface area contributed by atoms with E-state index in [9.17, 15) is 40.4 Å². The van der Waals surface area contributed by atoms with E-state index in [0.717, 1.165) is 28.0 Å². The SMILES string of the molecule is CS(=O)(=O)NC(=O)c1c(-n2c(=O)[nH]c3cscc3c2=O)c2cc(C(F)(F)F)ccc2n1Cc1cc(Cl)ccc1F. The van der Waals surface area contributed by atoms with E-state index < -0.39 is 68.0 Å². The van der Waals surface area contributed by atoms with Gasteiger partial charge in [0.25, 0.3) is 11.5 Å². The number of aromatic amines is 1. The minimum absolute atomic E-state index is 0.00664. The number of aromatic nitrogens is 3. The van der Waals surface area contributed by atoms with E-state index in [1.54, 1.807) is 4.72 Å². The van der Waals surface area contributed by atoms with Gasteiger partial charge in [0.1, 0.15) is 11.5 Å². The van der Waals surface area contributed by atoms with E-state index in [1.165, 1.54) is 22.9 Å². The first-order valence-electron chi connectivity index (χ1n) is 11.1. The van der Waals surface area contributed by atoms with E-state index in [0.29, 0.717) is 23.0 Å². The van der Waals surface area contributed by atoms with E-state index in [1.807, 2.05) is 0 Å². The van der Waals surface area contributed by atoms with E-state index in [2.05, 4.69) is 4.98 Å². The van der Waals surface area contributed by atoms with Crippen molar-refractivity contribution in [3.8, 4) is 5.69 Å². The van der Waals surface area contributed by atoms with Gasteiger partial charge in [-0.15, -0.1) is 11.3 Å². The highest BCUT2D eigenvalue weighted by atomic mass is 35.5. The van der Waals surface area contributed by atoms with Crippen molar-refractivity contribution in [3.63, 3.8) is 0 Å². The normalized spacial score (nSPS) is 12.3. The van der Waals surface area contributed by atoms with E-state index in [4.69, 9.17) is 11.6 Å². The topological polar surface area (TPSA) is 123 Å². The fourth-order valence-corrected chi connectivity index (χ4v) is 5.71. The van der Waals surface area contributed by atoms with Crippen LogP contribution in [0.5, 0.6) is 0 Å². The monoisotopic (exact) mass is 614 g/mol. The lowest BCUT2D eigenvalue weighted by Gasteiger charge is -2.13. The lowest BCUT2D eigenvalue weighted by atomic mass is 10.1. The van der Waals surface area contributed by atoms with Gasteiger partial charge in [0.2, 0.25) is 10.0 Å². The summed E-state index contributed by atoms with van der Waals surface area (Å²) in [6.45, 7) is -0.534. The third kappa shape index (κ3) is 4.91. The van der Waals surface area contributed by atoms with Gasteiger partial charge in [-0.2, -0.15) is 13.2 Å². The van der Waals surface area contributed by atoms with Gasteiger partial charge in [0.15, 0.2) is 0 Å². The number of hydrogen-bond acceptors (Lipinski definition) is 6. The number of thiophene rings is 1. The van der Waals surface area contributed by atoms with Crippen LogP contribution in [0, 0.1) is 5.82 Å². The van der Waals surface area contributed by atoms with Gasteiger partial charge >= 0.3 is 11.9 Å². The zero-order valence-electron chi connectivity index (χ0n) is 20.0. The van der Waals surface area contributed by atoms with Crippen molar-refractivity contribution >= 4 is 60.7 Å². The van der Waals surface area contributed by atoms with Gasteiger partial charge in [-0.3, -0.25) is 9.59 Å². The molecule has 0 spiro atoms. The first kappa shape index (κ1) is 27.6. The number of sulfonamides is 1. The van der Waals surface area contributed by atoms with Crippen LogP contribution < -0.4 is 16.0 Å². The molecule has 3 aromatic heterocycles. The molecule has 0 aliphatic heterocycles. The fourth-order valence-electron chi connectivity index (χ4n) is 4.33. The number of alkyl halides is 3. The molecule has 16 heteroatoms. The Morgan fingerprint density at radius 3 is 2.50 bits per heavy atom. The van der Waals surface area contributed by atoms with Crippen LogP contribution in [0.1, 0.15) is 21.6 Å². The summed E-state index contributed by atoms with van der Waals surface area (Å²) < 4.78 is 83.2. The number of hydrogen-bond donors (Lipinski definition) is 2. The predicted octanol–water partition coefficient (Wildman–Crippen LogP) is 4.24. The number of nitrogens with one attached hydrogen (secondary N) is 2. The van der Waals surface area contributed by atoms with Crippen molar-refractivity contribution in [3.05, 3.63) is 95.7 Å². The Morgan fingerprint density at radius 2 is 1.82 bits per heavy atom. The summed E-state index contributed by atoms with van der Waals surface area (Å²) in [7, 11) is -4.25. The molecule has 5 rings (SSSR count). The number of H-pyrrole nitrogens is 1. The molecule has 0 saturated carbocycles. The highest BCUT2D eigenvalue weighted by Gasteiger charge is 2.34. The number of carbonyl (C=O) groups is 1. The van der Waals surface area contributed by atoms with Gasteiger partial charge < -0.3 is 9.55 Å². The second kappa shape index (κ2) is 9.60. The molecule has 0 aliphatic carbocycles. The zero-order chi connectivity index (χ0) is 29.1. The Morgan fingerprint density at radius 1 is 1.10 bits per heavy atom. The minimum atomic E-state index is -4.86. The number of nitrogens with zero attached hydrogens (tertiary/aromatic N) is 2. The molecule has 2 aromatic carbocycles. The second-order valence-electron chi connectivity index (χ2n) is 8.72. The molecule has 9 nitrogen and oxygen atoms in total. The van der Waals surface area contributed by atoms with Crippen molar-refractivity contribution in [2.45, 2.75) is 12.7 Å². The Labute approximate surface area is 230 Å². The number of benzene rings is 2. The van der Waals surface area contributed by atoms with Crippen molar-refractivity contribution in [1.82, 2.24) is 18.8 Å². The van der Waals surface area contributed by atoms with Gasteiger partial charge in [-0.05, 0) is 36.4 Å². The molecule has 3 heterocycles. The maximum absolute atomic E-state index is 14.8. The maximum atomic E-state index is 14.8. The summed E-state index contributed by atoms with van der Waals surface area (Å²) in [6, 6.07) is 5.79. The molecular weight excluding hydrogens is 600 g/mol. The quantitative estimate of drug-likeness (QED) is 0.287. The molecule has 0 radical (unpaired) electrons. The van der Waals surface area contributed by atoms with Gasteiger partial charge in [-0.25, -0.2) is 26.9 Å². The first-order chi connectivity index (χ1) is 18.7. The number of amides is 1. The number of rotatable bonds is 5. The smallest absolute Gasteiger partial charge is 0.330 e. The van der Waals surface area contributed by atoms with Crippen molar-refractivity contribution in [1.29, 1.82) is 0 Å². The molecule has 0 unspecified atom stereocenters. The number of fused-ring (bicyclic) bond motifs is 2. The highest BCUT2D eigenvalue weighted by molar-refractivity contribution is 7.89. The molecule has 0 aliphatic rings. The van der Waals surface area contributed by atoms with Crippen LogP contribution in [0.3, 0.4) is 0 Å². The van der Waals surface area contributed by atoms with Crippen LogP contribution in [-0.2, 0) is 22.7 Å². The summed E-state index contributed by atoms with van der Waals surface area (Å²) in [4.78, 5) is 42.5. The average Bonchev–Trinajstić information content (AvgIpc) is 3.43. The lowest BCUT2D eigenvalue weighted by Crippen LogP contribution is -2.37. The number of carbonyl (C=O) groups excluding carboxylic acids is 1. The third-order valence-electron chi connectivity index (χ3n) is 5.96. The average molecular weight is 615 g/mol. The fraction of sp³-hybridized carbons (Fsp3) is 0.125. The largest absolute Gasteiger partial charge is 0.416 e. The molecular formula is C24H15ClF4N4O5S2. The van der Waals surface area contributed by atoms with Gasteiger partial charge in [0, 0.05) is 26.7 Å². The Balaban J connectivity index is 1.97. The standard InChI is InChI=1S/C24H15ClF4N4O5S2/c1-40(37,38)31-21(34)20-19(33-22(35)15-9-39-10-17(15)30-23(33)36)14-7-12(24(27,28)29)2-5-18(14)32(20)8-11-6-13(25)3-4-16(11)26/h2-7,9-10H,8H2,1H3,(H,30,36)(H,31,34). The highest BCUT2D eigenvalue weighted by Crippen LogP contribution is 2.36. The van der Waals surface area contributed by atoms with E-state index >= 15 is 0 Å². The summed E-state index contributed by atoms with van der Waals surface area (Å²) in [5, 5.41) is 2.56. The minimum Gasteiger partial charge on any atom is -0.330 e. The van der Waals surface area contributed by atoms with Crippen molar-refractivity contribution in [2.24, 2.45) is 0 Å². The third-order valence-corrected chi connectivity index (χ3v) is 7.49. The van der Waals surface area contributed by atoms with Crippen molar-refractivity contribution in [2.75, 3.05) is 6.26 Å². The first-order valence-corrected chi connectivity index (χ1v) is 14.3. The molecule has 40 heavy (non-hydrogen) atoms. The van der Waals surface area contributed by atoms with Gasteiger partial charge in [-0.1, -0.05) is 11.6 Å². The molecule has 0 fully saturated rings. The van der Waals surface area contributed by atoms with Gasteiger partial charge in [0.05, 0.1) is 40.5 Å². The summed E-state index contributed by atoms with van der Waals surface area (Å²) in [5.74, 6) is -2.16. The molecule has 0 atom stereocenters. The molecule has 208 valence electrons. The van der Waals surface area contributed by atoms with Crippen LogP contribution in [0.4, 0.5) is 17.6 Å². The van der Waals surface area contributed by atoms with Crippen LogP contribution in [0.15, 0.2) is 56.7 Å². The van der Waals surface area contributed by atoms with Crippen LogP contribution in [0.2, 0.25) is 5.02 Å². The summed E-state index contributed by atoms with van der Waals surface area (Å²) >= 11 is 7.07. The number of halogens is 5.